The highest BCUT2D eigenvalue weighted by atomic mass is 16.5. The molecule has 0 aliphatic rings. The maximum Gasteiger partial charge on any atom is 0.308 e. The van der Waals surface area contributed by atoms with Crippen LogP contribution < -0.4 is 10.5 Å². The zero-order valence-electron chi connectivity index (χ0n) is 10.9. The predicted molar refractivity (Wildman–Crippen MR) is 69.4 cm³/mol. The Kier molecular flexibility index (Phi) is 4.71. The number of anilines is 1. The van der Waals surface area contributed by atoms with E-state index in [-0.39, 0.29) is 11.7 Å². The van der Waals surface area contributed by atoms with Gasteiger partial charge in [0.2, 0.25) is 0 Å². The lowest BCUT2D eigenvalue weighted by molar-refractivity contribution is -0.131. The maximum absolute atomic E-state index is 12.2. The number of nitrogen functional groups attached to an aromatic ring is 1. The first kappa shape index (κ1) is 14.0. The van der Waals surface area contributed by atoms with Gasteiger partial charge in [0.05, 0.1) is 5.56 Å². The van der Waals surface area contributed by atoms with Gasteiger partial charge >= 0.3 is 5.97 Å². The summed E-state index contributed by atoms with van der Waals surface area (Å²) >= 11 is 0. The molecule has 2 N–H and O–H groups in total. The van der Waals surface area contributed by atoms with Gasteiger partial charge < -0.3 is 15.4 Å². The van der Waals surface area contributed by atoms with Crippen LogP contribution in [0.2, 0.25) is 0 Å². The average molecular weight is 250 g/mol. The van der Waals surface area contributed by atoms with E-state index >= 15 is 0 Å². The van der Waals surface area contributed by atoms with E-state index in [2.05, 4.69) is 0 Å². The van der Waals surface area contributed by atoms with Crippen LogP contribution in [-0.4, -0.2) is 29.9 Å². The minimum Gasteiger partial charge on any atom is -0.426 e. The predicted octanol–water partition coefficient (Wildman–Crippen LogP) is 1.68. The van der Waals surface area contributed by atoms with Crippen LogP contribution in [0.5, 0.6) is 5.75 Å². The Labute approximate surface area is 107 Å². The van der Waals surface area contributed by atoms with Crippen LogP contribution in [0.15, 0.2) is 18.2 Å². The summed E-state index contributed by atoms with van der Waals surface area (Å²) in [5.74, 6) is -0.412. The second-order valence-electron chi connectivity index (χ2n) is 3.83. The van der Waals surface area contributed by atoms with Gasteiger partial charge in [-0.2, -0.15) is 0 Å². The van der Waals surface area contributed by atoms with E-state index in [0.717, 1.165) is 0 Å². The van der Waals surface area contributed by atoms with E-state index < -0.39 is 5.97 Å². The molecule has 0 saturated carbocycles. The van der Waals surface area contributed by atoms with Crippen LogP contribution in [0.3, 0.4) is 0 Å². The van der Waals surface area contributed by atoms with Crippen molar-refractivity contribution in [2.75, 3.05) is 18.8 Å². The summed E-state index contributed by atoms with van der Waals surface area (Å²) in [7, 11) is 0. The van der Waals surface area contributed by atoms with Crippen LogP contribution in [0.4, 0.5) is 5.69 Å². The molecule has 0 fully saturated rings. The first-order valence-corrected chi connectivity index (χ1v) is 5.86. The van der Waals surface area contributed by atoms with E-state index in [1.54, 1.807) is 11.0 Å². The van der Waals surface area contributed by atoms with E-state index in [1.165, 1.54) is 19.1 Å². The van der Waals surface area contributed by atoms with Crippen LogP contribution >= 0.6 is 0 Å². The van der Waals surface area contributed by atoms with Crippen molar-refractivity contribution >= 4 is 17.6 Å². The van der Waals surface area contributed by atoms with Crippen molar-refractivity contribution in [1.82, 2.24) is 4.90 Å². The zero-order valence-corrected chi connectivity index (χ0v) is 10.9. The van der Waals surface area contributed by atoms with Gasteiger partial charge in [-0.05, 0) is 32.0 Å². The highest BCUT2D eigenvalue weighted by Gasteiger charge is 2.18. The van der Waals surface area contributed by atoms with Gasteiger partial charge in [-0.3, -0.25) is 9.59 Å². The van der Waals surface area contributed by atoms with Gasteiger partial charge in [0.15, 0.2) is 0 Å². The smallest absolute Gasteiger partial charge is 0.308 e. The largest absolute Gasteiger partial charge is 0.426 e. The molecule has 5 nitrogen and oxygen atoms in total. The Balaban J connectivity index is 3.15. The minimum absolute atomic E-state index is 0.191. The fourth-order valence-electron chi connectivity index (χ4n) is 1.64. The Hall–Kier alpha value is -2.04. The quantitative estimate of drug-likeness (QED) is 0.501. The topological polar surface area (TPSA) is 72.6 Å². The first-order valence-electron chi connectivity index (χ1n) is 5.86. The third-order valence-electron chi connectivity index (χ3n) is 2.54. The number of amides is 1. The molecule has 18 heavy (non-hydrogen) atoms. The van der Waals surface area contributed by atoms with Gasteiger partial charge in [-0.1, -0.05) is 0 Å². The molecule has 0 heterocycles. The zero-order chi connectivity index (χ0) is 13.7. The molecular weight excluding hydrogens is 232 g/mol. The van der Waals surface area contributed by atoms with Gasteiger partial charge in [-0.15, -0.1) is 0 Å². The Bertz CT molecular complexity index is 454. The highest BCUT2D eigenvalue weighted by Crippen LogP contribution is 2.23. The monoisotopic (exact) mass is 250 g/mol. The van der Waals surface area contributed by atoms with E-state index in [4.69, 9.17) is 10.5 Å². The Morgan fingerprint density at radius 1 is 1.28 bits per heavy atom. The molecule has 5 heteroatoms. The number of hydrogen-bond donors (Lipinski definition) is 1. The third kappa shape index (κ3) is 3.23. The molecule has 1 rings (SSSR count). The summed E-state index contributed by atoms with van der Waals surface area (Å²) in [4.78, 5) is 24.9. The lowest BCUT2D eigenvalue weighted by Gasteiger charge is -2.20. The number of carbonyl (C=O) groups excluding carboxylic acids is 2. The molecule has 0 aliphatic carbocycles. The molecule has 0 saturated heterocycles. The van der Waals surface area contributed by atoms with Crippen LogP contribution in [0.1, 0.15) is 31.1 Å². The fourth-order valence-corrected chi connectivity index (χ4v) is 1.64. The first-order chi connectivity index (χ1) is 8.49. The number of ether oxygens (including phenoxy) is 1. The molecule has 0 unspecified atom stereocenters. The van der Waals surface area contributed by atoms with Gasteiger partial charge in [0.25, 0.3) is 5.91 Å². The maximum atomic E-state index is 12.2. The van der Waals surface area contributed by atoms with Crippen LogP contribution in [0, 0.1) is 0 Å². The number of benzene rings is 1. The number of carbonyl (C=O) groups is 2. The summed E-state index contributed by atoms with van der Waals surface area (Å²) in [5, 5.41) is 0. The second kappa shape index (κ2) is 6.05. The van der Waals surface area contributed by atoms with Crippen molar-refractivity contribution < 1.29 is 14.3 Å². The summed E-state index contributed by atoms with van der Waals surface area (Å²) in [6.45, 7) is 6.24. The Morgan fingerprint density at radius 2 is 1.89 bits per heavy atom. The molecular formula is C13H18N2O3. The van der Waals surface area contributed by atoms with Crippen molar-refractivity contribution in [2.24, 2.45) is 0 Å². The summed E-state index contributed by atoms with van der Waals surface area (Å²) in [6, 6.07) is 4.66. The van der Waals surface area contributed by atoms with Crippen molar-refractivity contribution in [1.29, 1.82) is 0 Å². The number of nitrogens with zero attached hydrogens (tertiary/aromatic N) is 1. The molecule has 1 amide bonds. The van der Waals surface area contributed by atoms with Crippen molar-refractivity contribution in [3.63, 3.8) is 0 Å². The average Bonchev–Trinajstić information content (AvgIpc) is 2.32. The molecule has 0 bridgehead atoms. The number of hydrogen-bond acceptors (Lipinski definition) is 4. The van der Waals surface area contributed by atoms with Crippen molar-refractivity contribution in [3.05, 3.63) is 23.8 Å². The minimum atomic E-state index is -0.464. The van der Waals surface area contributed by atoms with E-state index in [0.29, 0.717) is 24.3 Å². The van der Waals surface area contributed by atoms with Crippen molar-refractivity contribution in [2.45, 2.75) is 20.8 Å². The molecule has 98 valence electrons. The fraction of sp³-hybridized carbons (Fsp3) is 0.385. The van der Waals surface area contributed by atoms with E-state index in [1.807, 2.05) is 13.8 Å². The summed E-state index contributed by atoms with van der Waals surface area (Å²) in [5.41, 5.74) is 6.44. The number of rotatable bonds is 4. The molecule has 1 aromatic carbocycles. The molecule has 0 aliphatic heterocycles. The number of esters is 1. The van der Waals surface area contributed by atoms with Gasteiger partial charge in [0.1, 0.15) is 5.75 Å². The van der Waals surface area contributed by atoms with Gasteiger partial charge in [0, 0.05) is 25.7 Å². The lowest BCUT2D eigenvalue weighted by Crippen LogP contribution is -2.31. The SMILES string of the molecule is CCN(CC)C(=O)c1cc(N)ccc1OC(C)=O. The van der Waals surface area contributed by atoms with Gasteiger partial charge in [-0.25, -0.2) is 0 Å². The number of nitrogens with two attached hydrogens (primary N) is 1. The summed E-state index contributed by atoms with van der Waals surface area (Å²) < 4.78 is 5.02. The van der Waals surface area contributed by atoms with Crippen molar-refractivity contribution in [3.8, 4) is 5.75 Å². The van der Waals surface area contributed by atoms with Crippen LogP contribution in [0.25, 0.3) is 0 Å². The summed E-state index contributed by atoms with van der Waals surface area (Å²) in [6.07, 6.45) is 0. The van der Waals surface area contributed by atoms with E-state index in [9.17, 15) is 9.59 Å². The highest BCUT2D eigenvalue weighted by molar-refractivity contribution is 5.98. The van der Waals surface area contributed by atoms with Crippen LogP contribution in [-0.2, 0) is 4.79 Å². The Morgan fingerprint density at radius 3 is 2.39 bits per heavy atom. The standard InChI is InChI=1S/C13H18N2O3/c1-4-15(5-2)13(17)11-8-10(14)6-7-12(11)18-9(3)16/h6-8H,4-5,14H2,1-3H3. The normalized spacial score (nSPS) is 9.94. The lowest BCUT2D eigenvalue weighted by atomic mass is 10.1. The molecule has 0 atom stereocenters. The third-order valence-corrected chi connectivity index (χ3v) is 2.54. The molecule has 0 aromatic heterocycles. The molecule has 0 radical (unpaired) electrons. The molecule has 0 spiro atoms. The molecule has 1 aromatic rings. The second-order valence-corrected chi connectivity index (χ2v) is 3.83.